The Labute approximate surface area is 98.1 Å². The Morgan fingerprint density at radius 2 is 2.00 bits per heavy atom. The summed E-state index contributed by atoms with van der Waals surface area (Å²) in [5, 5.41) is 10.2. The van der Waals surface area contributed by atoms with E-state index in [1.54, 1.807) is 0 Å². The van der Waals surface area contributed by atoms with Crippen LogP contribution in [0.5, 0.6) is 0 Å². The molecule has 1 unspecified atom stereocenters. The van der Waals surface area contributed by atoms with E-state index in [0.717, 1.165) is 30.4 Å². The quantitative estimate of drug-likeness (QED) is 0.737. The van der Waals surface area contributed by atoms with E-state index in [4.69, 9.17) is 0 Å². The maximum atomic E-state index is 10.2. The Morgan fingerprint density at radius 1 is 1.31 bits per heavy atom. The van der Waals surface area contributed by atoms with Gasteiger partial charge in [0.15, 0.2) is 0 Å². The van der Waals surface area contributed by atoms with E-state index in [0.29, 0.717) is 0 Å². The normalized spacial score (nSPS) is 11.7. The fourth-order valence-corrected chi connectivity index (χ4v) is 1.56. The molecule has 0 spiro atoms. The summed E-state index contributed by atoms with van der Waals surface area (Å²) in [4.78, 5) is 0. The first kappa shape index (κ1) is 12.8. The molecule has 0 fully saturated rings. The minimum Gasteiger partial charge on any atom is -0.383 e. The smallest absolute Gasteiger partial charge is 0.107 e. The second-order valence-corrected chi connectivity index (χ2v) is 3.83. The zero-order valence-electron chi connectivity index (χ0n) is 10.1. The maximum absolute atomic E-state index is 10.2. The number of unbranched alkanes of at least 4 members (excludes halogenated alkanes) is 1. The SMILES string of the molecule is CCCC=C=C(CC)C(O)c1ccccc1. The number of benzene rings is 1. The second kappa shape index (κ2) is 7.05. The molecule has 1 N–H and O–H groups in total. The third-order valence-electron chi connectivity index (χ3n) is 2.55. The minimum absolute atomic E-state index is 0.515. The lowest BCUT2D eigenvalue weighted by Gasteiger charge is -2.11. The van der Waals surface area contributed by atoms with E-state index in [1.165, 1.54) is 0 Å². The molecule has 0 saturated heterocycles. The molecule has 0 aliphatic heterocycles. The fourth-order valence-electron chi connectivity index (χ4n) is 1.56. The predicted molar refractivity (Wildman–Crippen MR) is 68.2 cm³/mol. The highest BCUT2D eigenvalue weighted by Crippen LogP contribution is 2.22. The Morgan fingerprint density at radius 3 is 2.56 bits per heavy atom. The highest BCUT2D eigenvalue weighted by Gasteiger charge is 2.10. The van der Waals surface area contributed by atoms with Gasteiger partial charge in [-0.3, -0.25) is 0 Å². The van der Waals surface area contributed by atoms with Crippen LogP contribution in [0.15, 0.2) is 47.7 Å². The van der Waals surface area contributed by atoms with E-state index in [2.05, 4.69) is 12.7 Å². The second-order valence-electron chi connectivity index (χ2n) is 3.83. The van der Waals surface area contributed by atoms with Gasteiger partial charge < -0.3 is 5.11 Å². The van der Waals surface area contributed by atoms with Crippen LogP contribution in [0.1, 0.15) is 44.8 Å². The molecule has 0 bridgehead atoms. The largest absolute Gasteiger partial charge is 0.383 e. The predicted octanol–water partition coefficient (Wildman–Crippen LogP) is 4.01. The van der Waals surface area contributed by atoms with Crippen molar-refractivity contribution in [2.45, 2.75) is 39.2 Å². The van der Waals surface area contributed by atoms with E-state index in [9.17, 15) is 5.11 Å². The average Bonchev–Trinajstić information content (AvgIpc) is 2.35. The van der Waals surface area contributed by atoms with Crippen LogP contribution in [-0.4, -0.2) is 5.11 Å². The Balaban J connectivity index is 2.85. The average molecular weight is 216 g/mol. The summed E-state index contributed by atoms with van der Waals surface area (Å²) in [7, 11) is 0. The van der Waals surface area contributed by atoms with Crippen LogP contribution in [0.3, 0.4) is 0 Å². The first-order valence-electron chi connectivity index (χ1n) is 5.96. The van der Waals surface area contributed by atoms with Crippen LogP contribution in [0, 0.1) is 0 Å². The summed E-state index contributed by atoms with van der Waals surface area (Å²) in [6, 6.07) is 9.74. The molecule has 1 aromatic carbocycles. The van der Waals surface area contributed by atoms with Crippen LogP contribution in [0.4, 0.5) is 0 Å². The number of aliphatic hydroxyl groups is 1. The van der Waals surface area contributed by atoms with Crippen molar-refractivity contribution in [3.8, 4) is 0 Å². The lowest BCUT2D eigenvalue weighted by molar-refractivity contribution is 0.212. The highest BCUT2D eigenvalue weighted by molar-refractivity contribution is 5.25. The van der Waals surface area contributed by atoms with Gasteiger partial charge in [-0.2, -0.15) is 0 Å². The molecule has 0 aromatic heterocycles. The Kier molecular flexibility index (Phi) is 5.63. The van der Waals surface area contributed by atoms with Gasteiger partial charge in [0.05, 0.1) is 0 Å². The lowest BCUT2D eigenvalue weighted by Crippen LogP contribution is -1.99. The fraction of sp³-hybridized carbons (Fsp3) is 0.400. The molecule has 0 aliphatic rings. The van der Waals surface area contributed by atoms with E-state index >= 15 is 0 Å². The summed E-state index contributed by atoms with van der Waals surface area (Å²) < 4.78 is 0. The number of rotatable bonds is 5. The van der Waals surface area contributed by atoms with Crippen molar-refractivity contribution in [2.24, 2.45) is 0 Å². The Bertz CT molecular complexity index is 358. The van der Waals surface area contributed by atoms with Crippen LogP contribution in [0.2, 0.25) is 0 Å². The number of hydrogen-bond acceptors (Lipinski definition) is 1. The molecule has 86 valence electrons. The summed E-state index contributed by atoms with van der Waals surface area (Å²) in [5.41, 5.74) is 5.11. The van der Waals surface area contributed by atoms with Gasteiger partial charge >= 0.3 is 0 Å². The standard InChI is InChI=1S/C15H20O/c1-3-5-7-10-13(4-2)15(16)14-11-8-6-9-12-14/h6-9,11-12,15-16H,3-5H2,1-2H3. The molecule has 0 saturated carbocycles. The van der Waals surface area contributed by atoms with Crippen molar-refractivity contribution in [3.05, 3.63) is 53.3 Å². The van der Waals surface area contributed by atoms with Crippen LogP contribution < -0.4 is 0 Å². The van der Waals surface area contributed by atoms with E-state index < -0.39 is 6.10 Å². The van der Waals surface area contributed by atoms with Crippen molar-refractivity contribution in [3.63, 3.8) is 0 Å². The van der Waals surface area contributed by atoms with Gasteiger partial charge in [-0.1, -0.05) is 50.6 Å². The summed E-state index contributed by atoms with van der Waals surface area (Å²) in [6.07, 6.45) is 4.47. The van der Waals surface area contributed by atoms with Crippen molar-refractivity contribution in [2.75, 3.05) is 0 Å². The van der Waals surface area contributed by atoms with Crippen molar-refractivity contribution < 1.29 is 5.11 Å². The zero-order chi connectivity index (χ0) is 11.8. The maximum Gasteiger partial charge on any atom is 0.107 e. The molecule has 1 rings (SSSR count). The van der Waals surface area contributed by atoms with Crippen LogP contribution >= 0.6 is 0 Å². The van der Waals surface area contributed by atoms with E-state index in [1.807, 2.05) is 43.3 Å². The molecule has 0 radical (unpaired) electrons. The molecule has 1 heteroatoms. The van der Waals surface area contributed by atoms with Gasteiger partial charge in [-0.25, -0.2) is 0 Å². The molecule has 16 heavy (non-hydrogen) atoms. The summed E-state index contributed by atoms with van der Waals surface area (Å²) >= 11 is 0. The third-order valence-corrected chi connectivity index (χ3v) is 2.55. The molecule has 0 amide bonds. The lowest BCUT2D eigenvalue weighted by atomic mass is 10.0. The minimum atomic E-state index is -0.515. The molecular formula is C15H20O. The molecule has 1 aromatic rings. The first-order chi connectivity index (χ1) is 7.79. The van der Waals surface area contributed by atoms with Crippen molar-refractivity contribution in [1.82, 2.24) is 0 Å². The molecule has 0 heterocycles. The molecule has 1 nitrogen and oxygen atoms in total. The van der Waals surface area contributed by atoms with Gasteiger partial charge in [0.1, 0.15) is 6.10 Å². The zero-order valence-corrected chi connectivity index (χ0v) is 10.1. The molecule has 0 aliphatic carbocycles. The Hall–Kier alpha value is -1.30. The topological polar surface area (TPSA) is 20.2 Å². The number of aliphatic hydroxyl groups excluding tert-OH is 1. The van der Waals surface area contributed by atoms with Gasteiger partial charge in [0, 0.05) is 5.57 Å². The summed E-state index contributed by atoms with van der Waals surface area (Å²) in [5.74, 6) is 0. The monoisotopic (exact) mass is 216 g/mol. The van der Waals surface area contributed by atoms with Gasteiger partial charge in [0.25, 0.3) is 0 Å². The van der Waals surface area contributed by atoms with Gasteiger partial charge in [-0.15, -0.1) is 5.73 Å². The molecule has 1 atom stereocenters. The summed E-state index contributed by atoms with van der Waals surface area (Å²) in [6.45, 7) is 4.19. The first-order valence-corrected chi connectivity index (χ1v) is 5.96. The highest BCUT2D eigenvalue weighted by atomic mass is 16.3. The van der Waals surface area contributed by atoms with Gasteiger partial charge in [-0.05, 0) is 24.5 Å². The van der Waals surface area contributed by atoms with Crippen molar-refractivity contribution in [1.29, 1.82) is 0 Å². The van der Waals surface area contributed by atoms with Crippen LogP contribution in [-0.2, 0) is 0 Å². The van der Waals surface area contributed by atoms with Crippen molar-refractivity contribution >= 4 is 0 Å². The van der Waals surface area contributed by atoms with Gasteiger partial charge in [0.2, 0.25) is 0 Å². The number of hydrogen-bond donors (Lipinski definition) is 1. The van der Waals surface area contributed by atoms with E-state index in [-0.39, 0.29) is 0 Å². The third kappa shape index (κ3) is 3.69. The molecular weight excluding hydrogens is 196 g/mol. The van der Waals surface area contributed by atoms with Crippen LogP contribution in [0.25, 0.3) is 0 Å².